The SMILES string of the molecule is CC(N)C1CCN(C(=O)c2cccc(C(F)(F)F)c2)C1.Cl. The van der Waals surface area contributed by atoms with Crippen LogP contribution in [0.4, 0.5) is 13.2 Å². The van der Waals surface area contributed by atoms with Gasteiger partial charge in [0.1, 0.15) is 0 Å². The molecule has 3 nitrogen and oxygen atoms in total. The fourth-order valence-corrected chi connectivity index (χ4v) is 2.41. The van der Waals surface area contributed by atoms with Crippen molar-refractivity contribution in [3.05, 3.63) is 35.4 Å². The van der Waals surface area contributed by atoms with Crippen LogP contribution in [0, 0.1) is 5.92 Å². The minimum atomic E-state index is -4.43. The van der Waals surface area contributed by atoms with Crippen LogP contribution in [-0.2, 0) is 6.18 Å². The number of amides is 1. The van der Waals surface area contributed by atoms with Crippen molar-refractivity contribution in [1.82, 2.24) is 4.90 Å². The maximum absolute atomic E-state index is 12.6. The Kier molecular flexibility index (Phi) is 5.64. The van der Waals surface area contributed by atoms with E-state index in [1.807, 2.05) is 6.92 Å². The van der Waals surface area contributed by atoms with E-state index in [-0.39, 0.29) is 35.8 Å². The molecular formula is C14H18ClF3N2O. The lowest BCUT2D eigenvalue weighted by Gasteiger charge is -2.18. The maximum atomic E-state index is 12.6. The van der Waals surface area contributed by atoms with E-state index in [1.165, 1.54) is 12.1 Å². The fourth-order valence-electron chi connectivity index (χ4n) is 2.41. The molecule has 0 aromatic heterocycles. The van der Waals surface area contributed by atoms with Crippen molar-refractivity contribution in [2.75, 3.05) is 13.1 Å². The third-order valence-electron chi connectivity index (χ3n) is 3.69. The Labute approximate surface area is 127 Å². The lowest BCUT2D eigenvalue weighted by atomic mass is 10.0. The van der Waals surface area contributed by atoms with Gasteiger partial charge >= 0.3 is 6.18 Å². The summed E-state index contributed by atoms with van der Waals surface area (Å²) >= 11 is 0. The molecule has 1 aliphatic rings. The van der Waals surface area contributed by atoms with Crippen molar-refractivity contribution >= 4 is 18.3 Å². The molecule has 1 amide bonds. The molecule has 0 saturated carbocycles. The van der Waals surface area contributed by atoms with Crippen molar-refractivity contribution < 1.29 is 18.0 Å². The fraction of sp³-hybridized carbons (Fsp3) is 0.500. The highest BCUT2D eigenvalue weighted by atomic mass is 35.5. The Morgan fingerprint density at radius 1 is 1.43 bits per heavy atom. The van der Waals surface area contributed by atoms with Gasteiger partial charge in [-0.2, -0.15) is 13.2 Å². The van der Waals surface area contributed by atoms with E-state index in [2.05, 4.69) is 0 Å². The zero-order chi connectivity index (χ0) is 14.9. The number of rotatable bonds is 2. The molecule has 2 atom stereocenters. The highest BCUT2D eigenvalue weighted by Gasteiger charge is 2.33. The van der Waals surface area contributed by atoms with Crippen LogP contribution in [-0.4, -0.2) is 29.9 Å². The number of carbonyl (C=O) groups excluding carboxylic acids is 1. The van der Waals surface area contributed by atoms with Crippen molar-refractivity contribution in [3.63, 3.8) is 0 Å². The van der Waals surface area contributed by atoms with Crippen LogP contribution in [0.3, 0.4) is 0 Å². The van der Waals surface area contributed by atoms with Crippen LogP contribution in [0.5, 0.6) is 0 Å². The molecule has 1 fully saturated rings. The van der Waals surface area contributed by atoms with Gasteiger partial charge in [0.2, 0.25) is 0 Å². The van der Waals surface area contributed by atoms with Gasteiger partial charge < -0.3 is 10.6 Å². The third-order valence-corrected chi connectivity index (χ3v) is 3.69. The second-order valence-electron chi connectivity index (χ2n) is 5.24. The minimum Gasteiger partial charge on any atom is -0.338 e. The van der Waals surface area contributed by atoms with Crippen molar-refractivity contribution in [2.24, 2.45) is 11.7 Å². The molecule has 1 aromatic carbocycles. The van der Waals surface area contributed by atoms with E-state index < -0.39 is 11.7 Å². The molecule has 1 saturated heterocycles. The maximum Gasteiger partial charge on any atom is 0.416 e. The molecule has 2 unspecified atom stereocenters. The molecule has 0 bridgehead atoms. The lowest BCUT2D eigenvalue weighted by Crippen LogP contribution is -2.33. The largest absolute Gasteiger partial charge is 0.416 e. The second-order valence-corrected chi connectivity index (χ2v) is 5.24. The summed E-state index contributed by atoms with van der Waals surface area (Å²) in [7, 11) is 0. The molecule has 1 aromatic rings. The quantitative estimate of drug-likeness (QED) is 0.910. The van der Waals surface area contributed by atoms with Gasteiger partial charge in [-0.25, -0.2) is 0 Å². The standard InChI is InChI=1S/C14H17F3N2O.ClH/c1-9(18)11-5-6-19(8-11)13(20)10-3-2-4-12(7-10)14(15,16)17;/h2-4,7,9,11H,5-6,8,18H2,1H3;1H. The van der Waals surface area contributed by atoms with Crippen LogP contribution in [0.2, 0.25) is 0 Å². The number of hydrogen-bond acceptors (Lipinski definition) is 2. The normalized spacial score (nSPS) is 20.0. The summed E-state index contributed by atoms with van der Waals surface area (Å²) in [6, 6.07) is 4.52. The lowest BCUT2D eigenvalue weighted by molar-refractivity contribution is -0.137. The first-order valence-electron chi connectivity index (χ1n) is 6.51. The summed E-state index contributed by atoms with van der Waals surface area (Å²) in [5.74, 6) is -0.149. The third kappa shape index (κ3) is 4.11. The number of nitrogens with two attached hydrogens (primary N) is 1. The van der Waals surface area contributed by atoms with E-state index in [1.54, 1.807) is 4.90 Å². The number of hydrogen-bond donors (Lipinski definition) is 1. The number of alkyl halides is 3. The van der Waals surface area contributed by atoms with Gasteiger partial charge in [0.05, 0.1) is 5.56 Å². The number of carbonyl (C=O) groups is 1. The first-order chi connectivity index (χ1) is 9.29. The van der Waals surface area contributed by atoms with Crippen molar-refractivity contribution in [3.8, 4) is 0 Å². The number of halogens is 4. The smallest absolute Gasteiger partial charge is 0.338 e. The summed E-state index contributed by atoms with van der Waals surface area (Å²) in [6.45, 7) is 2.93. The number of benzene rings is 1. The van der Waals surface area contributed by atoms with Crippen LogP contribution in [0.1, 0.15) is 29.3 Å². The Morgan fingerprint density at radius 2 is 2.10 bits per heavy atom. The highest BCUT2D eigenvalue weighted by molar-refractivity contribution is 5.94. The van der Waals surface area contributed by atoms with E-state index in [9.17, 15) is 18.0 Å². The molecule has 0 aliphatic carbocycles. The van der Waals surface area contributed by atoms with Gasteiger partial charge in [-0.15, -0.1) is 12.4 Å². The first kappa shape index (κ1) is 17.8. The molecule has 21 heavy (non-hydrogen) atoms. The van der Waals surface area contributed by atoms with Gasteiger partial charge in [-0.05, 0) is 37.5 Å². The van der Waals surface area contributed by atoms with Gasteiger partial charge in [-0.1, -0.05) is 6.07 Å². The molecule has 1 heterocycles. The summed E-state index contributed by atoms with van der Waals surface area (Å²) in [4.78, 5) is 13.8. The highest BCUT2D eigenvalue weighted by Crippen LogP contribution is 2.30. The molecule has 118 valence electrons. The van der Waals surface area contributed by atoms with Crippen molar-refractivity contribution in [1.29, 1.82) is 0 Å². The molecule has 2 rings (SSSR count). The Bertz CT molecular complexity index is 505. The molecule has 2 N–H and O–H groups in total. The number of likely N-dealkylation sites (tertiary alicyclic amines) is 1. The van der Waals surface area contributed by atoms with Gasteiger partial charge in [0, 0.05) is 24.7 Å². The van der Waals surface area contributed by atoms with Gasteiger partial charge in [0.25, 0.3) is 5.91 Å². The zero-order valence-electron chi connectivity index (χ0n) is 11.6. The summed E-state index contributed by atoms with van der Waals surface area (Å²) in [5.41, 5.74) is 5.07. The molecule has 0 spiro atoms. The summed E-state index contributed by atoms with van der Waals surface area (Å²) in [5, 5.41) is 0. The zero-order valence-corrected chi connectivity index (χ0v) is 12.4. The average molecular weight is 323 g/mol. The van der Waals surface area contributed by atoms with Crippen molar-refractivity contribution in [2.45, 2.75) is 25.6 Å². The number of nitrogens with zero attached hydrogens (tertiary/aromatic N) is 1. The molecule has 0 radical (unpaired) electrons. The van der Waals surface area contributed by atoms with Crippen LogP contribution in [0.25, 0.3) is 0 Å². The van der Waals surface area contributed by atoms with Gasteiger partial charge in [-0.3, -0.25) is 4.79 Å². The van der Waals surface area contributed by atoms with Crippen LogP contribution in [0.15, 0.2) is 24.3 Å². The molecular weight excluding hydrogens is 305 g/mol. The Hall–Kier alpha value is -1.27. The summed E-state index contributed by atoms with van der Waals surface area (Å²) in [6.07, 6.45) is -3.64. The van der Waals surface area contributed by atoms with E-state index in [0.717, 1.165) is 18.6 Å². The Balaban J connectivity index is 0.00000220. The van der Waals surface area contributed by atoms with Crippen LogP contribution >= 0.6 is 12.4 Å². The minimum absolute atomic E-state index is 0. The van der Waals surface area contributed by atoms with E-state index in [0.29, 0.717) is 13.1 Å². The second kappa shape index (κ2) is 6.66. The summed E-state index contributed by atoms with van der Waals surface area (Å²) < 4.78 is 37.9. The van der Waals surface area contributed by atoms with Crippen LogP contribution < -0.4 is 5.73 Å². The molecule has 7 heteroatoms. The molecule has 1 aliphatic heterocycles. The Morgan fingerprint density at radius 3 is 2.62 bits per heavy atom. The van der Waals surface area contributed by atoms with E-state index >= 15 is 0 Å². The van der Waals surface area contributed by atoms with Gasteiger partial charge in [0.15, 0.2) is 0 Å². The first-order valence-corrected chi connectivity index (χ1v) is 6.51. The topological polar surface area (TPSA) is 46.3 Å². The predicted octanol–water partition coefficient (Wildman–Crippen LogP) is 2.94. The predicted molar refractivity (Wildman–Crippen MR) is 76.4 cm³/mol. The van der Waals surface area contributed by atoms with E-state index in [4.69, 9.17) is 5.73 Å². The monoisotopic (exact) mass is 322 g/mol. The average Bonchev–Trinajstić information content (AvgIpc) is 2.87.